The smallest absolute Gasteiger partial charge is 0.143 e. The highest BCUT2D eigenvalue weighted by Crippen LogP contribution is 2.50. The Hall–Kier alpha value is -7.48. The topological polar surface area (TPSA) is 13.1 Å². The molecule has 0 atom stereocenters. The third kappa shape index (κ3) is 4.89. The van der Waals surface area contributed by atoms with Crippen LogP contribution in [0.25, 0.3) is 120 Å². The van der Waals surface area contributed by atoms with E-state index in [0.717, 1.165) is 10.8 Å². The molecule has 0 saturated carbocycles. The maximum Gasteiger partial charge on any atom is 0.143 e. The molecule has 0 saturated heterocycles. The van der Waals surface area contributed by atoms with Crippen LogP contribution in [-0.4, -0.2) is 0 Å². The average Bonchev–Trinajstić information content (AvgIpc) is 3.78. The van der Waals surface area contributed by atoms with Crippen molar-refractivity contribution in [1.82, 2.24) is 0 Å². The Morgan fingerprint density at radius 2 is 0.965 bits per heavy atom. The van der Waals surface area contributed by atoms with E-state index in [2.05, 4.69) is 0 Å². The summed E-state index contributed by atoms with van der Waals surface area (Å²) in [5, 5.41) is 3.07. The molecule has 264 valence electrons. The van der Waals surface area contributed by atoms with Crippen LogP contribution < -0.4 is 0 Å². The minimum atomic E-state index is -0.645. The first kappa shape index (κ1) is 20.4. The summed E-state index contributed by atoms with van der Waals surface area (Å²) in [6.45, 7) is 0. The first-order chi connectivity index (χ1) is 34.5. The van der Waals surface area contributed by atoms with Crippen LogP contribution >= 0.6 is 0 Å². The number of hydrogen-bond acceptors (Lipinski definition) is 1. The second kappa shape index (κ2) is 12.5. The zero-order chi connectivity index (χ0) is 50.5. The van der Waals surface area contributed by atoms with Crippen molar-refractivity contribution in [1.29, 1.82) is 0 Å². The van der Waals surface area contributed by atoms with Crippen LogP contribution in [0.1, 0.15) is 20.6 Å². The Morgan fingerprint density at radius 1 is 0.333 bits per heavy atom. The van der Waals surface area contributed by atoms with Gasteiger partial charge in [-0.1, -0.05) is 182 Å². The number of rotatable bonds is 4. The van der Waals surface area contributed by atoms with Gasteiger partial charge in [0.2, 0.25) is 0 Å². The summed E-state index contributed by atoms with van der Waals surface area (Å²) < 4.78 is 146. The highest BCUT2D eigenvalue weighted by Gasteiger charge is 2.23. The van der Waals surface area contributed by atoms with Gasteiger partial charge >= 0.3 is 0 Å². The molecule has 0 unspecified atom stereocenters. The van der Waals surface area contributed by atoms with E-state index in [1.807, 2.05) is 78.9 Å². The Labute approximate surface area is 350 Å². The van der Waals surface area contributed by atoms with Crippen LogP contribution in [0, 0.1) is 0 Å². The van der Waals surface area contributed by atoms with Crippen LogP contribution in [0.4, 0.5) is 0 Å². The van der Waals surface area contributed by atoms with Gasteiger partial charge in [-0.25, -0.2) is 0 Å². The van der Waals surface area contributed by atoms with Crippen molar-refractivity contribution in [3.05, 3.63) is 206 Å². The van der Waals surface area contributed by atoms with Crippen molar-refractivity contribution in [2.45, 2.75) is 0 Å². The number of benzene rings is 11. The molecule has 0 fully saturated rings. The molecule has 11 aromatic carbocycles. The van der Waals surface area contributed by atoms with E-state index in [4.69, 9.17) is 9.90 Å². The average molecular weight is 738 g/mol. The zero-order valence-corrected chi connectivity index (χ0v) is 29.9. The quantitative estimate of drug-likeness (QED) is 0.164. The molecule has 0 radical (unpaired) electrons. The van der Waals surface area contributed by atoms with E-state index in [0.29, 0.717) is 49.4 Å². The van der Waals surface area contributed by atoms with Gasteiger partial charge in [0.15, 0.2) is 0 Å². The third-order valence-electron chi connectivity index (χ3n) is 10.9. The van der Waals surface area contributed by atoms with Crippen molar-refractivity contribution in [3.8, 4) is 44.5 Å². The predicted octanol–water partition coefficient (Wildman–Crippen LogP) is 16.0. The highest BCUT2D eigenvalue weighted by atomic mass is 16.3. The second-order valence-electron chi connectivity index (χ2n) is 14.0. The van der Waals surface area contributed by atoms with Gasteiger partial charge < -0.3 is 4.42 Å². The van der Waals surface area contributed by atoms with Crippen molar-refractivity contribution >= 4 is 75.8 Å². The first-order valence-electron chi connectivity index (χ1n) is 25.9. The van der Waals surface area contributed by atoms with E-state index in [9.17, 15) is 15.1 Å². The zero-order valence-electron chi connectivity index (χ0n) is 44.9. The normalized spacial score (nSPS) is 15.5. The van der Waals surface area contributed by atoms with Gasteiger partial charge in [-0.15, -0.1) is 0 Å². The van der Waals surface area contributed by atoms with Gasteiger partial charge in [-0.2, -0.15) is 0 Å². The standard InChI is InChI=1S/C56H34O/c1-2-16-37-32-39(29-28-35(37)14-1)43-31-30-36-15-3-6-19-42(36)54(43)55-48-23-9-7-21-46(48)53(47-22-8-10-24-49(47)55)51-34-40(33-38-17-4-5-18-41(38)51)44-25-13-26-50-45-20-11-12-27-52(45)57-56(44)50/h1-34H/i1D,2D,7D,8D,9D,10D,14D,16D,21D,22D,23D,24D,28D,29D,32D. The van der Waals surface area contributed by atoms with Crippen molar-refractivity contribution in [3.63, 3.8) is 0 Å². The minimum absolute atomic E-state index is 0.0491. The fourth-order valence-electron chi connectivity index (χ4n) is 8.46. The Morgan fingerprint density at radius 3 is 1.75 bits per heavy atom. The molecular weight excluding hydrogens is 689 g/mol. The number of hydrogen-bond donors (Lipinski definition) is 0. The molecule has 0 spiro atoms. The summed E-state index contributed by atoms with van der Waals surface area (Å²) in [4.78, 5) is 0. The van der Waals surface area contributed by atoms with E-state index in [1.165, 1.54) is 0 Å². The molecule has 12 rings (SSSR count). The summed E-state index contributed by atoms with van der Waals surface area (Å²) in [5.74, 6) is 0. The van der Waals surface area contributed by atoms with E-state index in [-0.39, 0.29) is 60.1 Å². The molecule has 1 nitrogen and oxygen atoms in total. The molecule has 0 bridgehead atoms. The second-order valence-corrected chi connectivity index (χ2v) is 14.0. The summed E-state index contributed by atoms with van der Waals surface area (Å²) >= 11 is 0. The molecule has 0 aliphatic carbocycles. The largest absolute Gasteiger partial charge is 0.455 e. The van der Waals surface area contributed by atoms with E-state index in [1.54, 1.807) is 36.4 Å². The third-order valence-corrected chi connectivity index (χ3v) is 10.9. The maximum atomic E-state index is 9.87. The summed E-state index contributed by atoms with van der Waals surface area (Å²) in [6, 6.07) is 26.4. The highest BCUT2D eigenvalue weighted by molar-refractivity contribution is 6.27. The lowest BCUT2D eigenvalue weighted by atomic mass is 9.81. The predicted molar refractivity (Wildman–Crippen MR) is 243 cm³/mol. The molecule has 1 heterocycles. The lowest BCUT2D eigenvalue weighted by Gasteiger charge is -2.22. The molecule has 57 heavy (non-hydrogen) atoms. The van der Waals surface area contributed by atoms with Crippen LogP contribution in [0.3, 0.4) is 0 Å². The monoisotopic (exact) mass is 737 g/mol. The number of para-hydroxylation sites is 2. The molecule has 12 aromatic rings. The molecule has 0 aliphatic heterocycles. The fourth-order valence-corrected chi connectivity index (χ4v) is 8.46. The molecule has 0 N–H and O–H groups in total. The van der Waals surface area contributed by atoms with E-state index < -0.39 is 90.6 Å². The molecule has 0 amide bonds. The van der Waals surface area contributed by atoms with Gasteiger partial charge in [0.05, 0.1) is 20.6 Å². The van der Waals surface area contributed by atoms with Crippen LogP contribution in [-0.2, 0) is 0 Å². The Kier molecular flexibility index (Phi) is 4.49. The van der Waals surface area contributed by atoms with Gasteiger partial charge in [-0.3, -0.25) is 0 Å². The SMILES string of the molecule is [2H]c1c([2H])c([2H])c2c([2H])c(-c3ccc4ccccc4c3-c3c4c([2H])c([2H])c([2H])c([2H])c4c(-c4cc(-c5cccc6c5oc5ccccc56)cc5ccccc45)c4c([2H])c([2H])c([2H])c([2H])c34)c([2H])c([2H])c2c1[2H]. The Bertz CT molecular complexity index is 4380. The summed E-state index contributed by atoms with van der Waals surface area (Å²) in [5.41, 5.74) is 3.02. The van der Waals surface area contributed by atoms with Gasteiger partial charge in [0.1, 0.15) is 11.2 Å². The van der Waals surface area contributed by atoms with Crippen molar-refractivity contribution in [2.75, 3.05) is 0 Å². The first-order valence-corrected chi connectivity index (χ1v) is 18.4. The van der Waals surface area contributed by atoms with Crippen molar-refractivity contribution in [2.24, 2.45) is 0 Å². The van der Waals surface area contributed by atoms with Crippen molar-refractivity contribution < 1.29 is 25.0 Å². The van der Waals surface area contributed by atoms with Gasteiger partial charge in [-0.05, 0) is 117 Å². The van der Waals surface area contributed by atoms with Crippen LogP contribution in [0.5, 0.6) is 0 Å². The van der Waals surface area contributed by atoms with E-state index >= 15 is 0 Å². The fraction of sp³-hybridized carbons (Fsp3) is 0. The van der Waals surface area contributed by atoms with Gasteiger partial charge in [0.25, 0.3) is 0 Å². The molecular formula is C56H34O. The lowest BCUT2D eigenvalue weighted by Crippen LogP contribution is -1.95. The molecule has 1 aromatic heterocycles. The number of fused-ring (bicyclic) bond motifs is 8. The number of furan rings is 1. The summed E-state index contributed by atoms with van der Waals surface area (Å²) in [7, 11) is 0. The molecule has 0 aliphatic rings. The maximum absolute atomic E-state index is 9.87. The minimum Gasteiger partial charge on any atom is -0.455 e. The summed E-state index contributed by atoms with van der Waals surface area (Å²) in [6.07, 6.45) is 0. The van der Waals surface area contributed by atoms with Gasteiger partial charge in [0, 0.05) is 16.3 Å². The van der Waals surface area contributed by atoms with Crippen LogP contribution in [0.15, 0.2) is 210 Å². The Balaban J connectivity index is 1.33. The lowest BCUT2D eigenvalue weighted by molar-refractivity contribution is 0.670. The molecule has 1 heteroatoms. The van der Waals surface area contributed by atoms with Crippen LogP contribution in [0.2, 0.25) is 0 Å².